The zero-order valence-electron chi connectivity index (χ0n) is 22.1. The number of rotatable bonds is 3. The van der Waals surface area contributed by atoms with Crippen LogP contribution in [0.3, 0.4) is 0 Å². The molecule has 0 saturated heterocycles. The van der Waals surface area contributed by atoms with Gasteiger partial charge in [0.1, 0.15) is 11.2 Å². The first kappa shape index (κ1) is 23.8. The molecule has 5 heteroatoms. The molecule has 0 saturated carbocycles. The molecule has 0 aliphatic carbocycles. The van der Waals surface area contributed by atoms with Crippen LogP contribution in [0.2, 0.25) is 0 Å². The molecule has 192 valence electrons. The maximum Gasteiger partial charge on any atom is 0.234 e. The Morgan fingerprint density at radius 3 is 2.10 bits per heavy atom. The lowest BCUT2D eigenvalue weighted by atomic mass is 10.00. The van der Waals surface area contributed by atoms with Gasteiger partial charge in [-0.1, -0.05) is 103 Å². The zero-order chi connectivity index (χ0) is 27.1. The van der Waals surface area contributed by atoms with E-state index in [0.717, 1.165) is 49.9 Å². The van der Waals surface area contributed by atoms with Crippen LogP contribution >= 0.6 is 0 Å². The number of benzene rings is 4. The Labute approximate surface area is 232 Å². The van der Waals surface area contributed by atoms with Crippen molar-refractivity contribution in [2.75, 3.05) is 11.4 Å². The molecule has 0 bridgehead atoms. The van der Waals surface area contributed by atoms with E-state index in [1.54, 1.807) is 0 Å². The Kier molecular flexibility index (Phi) is 5.82. The van der Waals surface area contributed by atoms with Crippen molar-refractivity contribution in [1.82, 2.24) is 15.0 Å². The van der Waals surface area contributed by atoms with Crippen LogP contribution in [0, 0.1) is 6.92 Å². The number of nitrogens with zero attached hydrogens (tertiary/aromatic N) is 4. The molecule has 0 N–H and O–H groups in total. The lowest BCUT2D eigenvalue weighted by Gasteiger charge is -2.25. The molecule has 0 amide bonds. The molecule has 4 aromatic carbocycles. The van der Waals surface area contributed by atoms with Crippen LogP contribution in [-0.4, -0.2) is 21.5 Å². The van der Waals surface area contributed by atoms with Gasteiger partial charge in [0.15, 0.2) is 11.6 Å². The van der Waals surface area contributed by atoms with E-state index in [1.165, 1.54) is 5.56 Å². The maximum absolute atomic E-state index is 6.34. The first-order chi connectivity index (χ1) is 19.6. The molecule has 1 aliphatic heterocycles. The predicted octanol–water partition coefficient (Wildman–Crippen LogP) is 8.69. The van der Waals surface area contributed by atoms with Crippen LogP contribution < -0.4 is 4.90 Å². The predicted molar refractivity (Wildman–Crippen MR) is 163 cm³/mol. The summed E-state index contributed by atoms with van der Waals surface area (Å²) in [6.45, 7) is 7.07. The quantitative estimate of drug-likeness (QED) is 0.235. The van der Waals surface area contributed by atoms with Crippen LogP contribution in [0.4, 0.5) is 11.6 Å². The highest BCUT2D eigenvalue weighted by molar-refractivity contribution is 6.08. The van der Waals surface area contributed by atoms with Gasteiger partial charge in [0.05, 0.1) is 5.69 Å². The smallest absolute Gasteiger partial charge is 0.234 e. The molecule has 0 atom stereocenters. The first-order valence-electron chi connectivity index (χ1n) is 13.3. The molecule has 7 rings (SSSR count). The van der Waals surface area contributed by atoms with Crippen molar-refractivity contribution < 1.29 is 4.42 Å². The minimum atomic E-state index is 0.555. The molecule has 5 nitrogen and oxygen atoms in total. The second kappa shape index (κ2) is 9.79. The fourth-order valence-electron chi connectivity index (χ4n) is 5.12. The Morgan fingerprint density at radius 1 is 0.725 bits per heavy atom. The molecule has 1 aliphatic rings. The van der Waals surface area contributed by atoms with Gasteiger partial charge < -0.3 is 9.32 Å². The third-order valence-electron chi connectivity index (χ3n) is 7.14. The Morgan fingerprint density at radius 2 is 1.40 bits per heavy atom. The van der Waals surface area contributed by atoms with Gasteiger partial charge in [0.25, 0.3) is 0 Å². The van der Waals surface area contributed by atoms with E-state index in [0.29, 0.717) is 24.1 Å². The average Bonchev–Trinajstić information content (AvgIpc) is 3.38. The van der Waals surface area contributed by atoms with E-state index in [9.17, 15) is 0 Å². The van der Waals surface area contributed by atoms with E-state index in [4.69, 9.17) is 19.4 Å². The number of furan rings is 1. The lowest BCUT2D eigenvalue weighted by molar-refractivity contribution is 0.668. The number of allylic oxidation sites excluding steroid dienone is 4. The summed E-state index contributed by atoms with van der Waals surface area (Å²) in [5, 5.41) is 2.15. The molecule has 0 spiro atoms. The molecule has 0 fully saturated rings. The summed E-state index contributed by atoms with van der Waals surface area (Å²) < 4.78 is 6.34. The van der Waals surface area contributed by atoms with Crippen molar-refractivity contribution in [3.63, 3.8) is 0 Å². The number of aryl methyl sites for hydroxylation is 1. The second-order valence-corrected chi connectivity index (χ2v) is 9.90. The summed E-state index contributed by atoms with van der Waals surface area (Å²) in [6, 6.07) is 30.6. The van der Waals surface area contributed by atoms with Gasteiger partial charge in [0, 0.05) is 40.1 Å². The van der Waals surface area contributed by atoms with Crippen molar-refractivity contribution in [3.05, 3.63) is 133 Å². The van der Waals surface area contributed by atoms with Crippen molar-refractivity contribution in [3.8, 4) is 22.8 Å². The van der Waals surface area contributed by atoms with Gasteiger partial charge in [-0.3, -0.25) is 0 Å². The van der Waals surface area contributed by atoms with Crippen LogP contribution in [-0.2, 0) is 0 Å². The highest BCUT2D eigenvalue weighted by Crippen LogP contribution is 2.40. The number of hydrogen-bond acceptors (Lipinski definition) is 5. The van der Waals surface area contributed by atoms with E-state index >= 15 is 0 Å². The number of fused-ring (bicyclic) bond motifs is 4. The normalized spacial score (nSPS) is 14.9. The van der Waals surface area contributed by atoms with Crippen molar-refractivity contribution in [1.29, 1.82) is 0 Å². The van der Waals surface area contributed by atoms with Crippen LogP contribution in [0.1, 0.15) is 11.1 Å². The van der Waals surface area contributed by atoms with Gasteiger partial charge in [-0.15, -0.1) is 0 Å². The molecule has 40 heavy (non-hydrogen) atoms. The first-order valence-corrected chi connectivity index (χ1v) is 13.3. The van der Waals surface area contributed by atoms with Crippen LogP contribution in [0.15, 0.2) is 126 Å². The SMILES string of the molecule is C=C1/C=C\C=C/CN(c2nc(-c3ccccc3)nc(-c3ccccc3)n2)c2cc3oc4ccc(C)cc4c3cc21. The highest BCUT2D eigenvalue weighted by atomic mass is 16.3. The lowest BCUT2D eigenvalue weighted by Crippen LogP contribution is -2.21. The Bertz CT molecular complexity index is 1900. The third kappa shape index (κ3) is 4.28. The minimum absolute atomic E-state index is 0.555. The Hall–Kier alpha value is -5.29. The van der Waals surface area contributed by atoms with Gasteiger partial charge in [0.2, 0.25) is 5.95 Å². The summed E-state index contributed by atoms with van der Waals surface area (Å²) >= 11 is 0. The third-order valence-corrected chi connectivity index (χ3v) is 7.14. The molecule has 2 aromatic heterocycles. The van der Waals surface area contributed by atoms with Gasteiger partial charge in [-0.2, -0.15) is 9.97 Å². The average molecular weight is 519 g/mol. The standard InChI is InChI=1S/C35H26N4O/c1-23-17-18-31-28(20-23)29-21-27-24(2)12-6-5-11-19-39(30(27)22-32(29)40-31)35-37-33(25-13-7-3-8-14-25)36-34(38-35)26-15-9-4-10-16-26/h3-18,20-22H,2,19H2,1H3/b11-5-,12-6-. The topological polar surface area (TPSA) is 55.1 Å². The molecular weight excluding hydrogens is 492 g/mol. The molecule has 0 radical (unpaired) electrons. The van der Waals surface area contributed by atoms with E-state index in [2.05, 4.69) is 48.7 Å². The molecule has 3 heterocycles. The maximum atomic E-state index is 6.34. The molecule has 0 unspecified atom stereocenters. The van der Waals surface area contributed by atoms with Crippen molar-refractivity contribution in [2.45, 2.75) is 6.92 Å². The summed E-state index contributed by atoms with van der Waals surface area (Å²) in [6.07, 6.45) is 8.19. The summed E-state index contributed by atoms with van der Waals surface area (Å²) in [4.78, 5) is 17.0. The fraction of sp³-hybridized carbons (Fsp3) is 0.0571. The summed E-state index contributed by atoms with van der Waals surface area (Å²) in [7, 11) is 0. The van der Waals surface area contributed by atoms with Crippen LogP contribution in [0.5, 0.6) is 0 Å². The van der Waals surface area contributed by atoms with Gasteiger partial charge >= 0.3 is 0 Å². The number of hydrogen-bond donors (Lipinski definition) is 0. The number of aromatic nitrogens is 3. The Balaban J connectivity index is 1.48. The largest absolute Gasteiger partial charge is 0.456 e. The van der Waals surface area contributed by atoms with Crippen LogP contribution in [0.25, 0.3) is 50.3 Å². The van der Waals surface area contributed by atoms with Gasteiger partial charge in [-0.05, 0) is 30.7 Å². The monoisotopic (exact) mass is 518 g/mol. The second-order valence-electron chi connectivity index (χ2n) is 9.90. The summed E-state index contributed by atoms with van der Waals surface area (Å²) in [5.41, 5.74) is 7.54. The van der Waals surface area contributed by atoms with E-state index in [1.807, 2.05) is 85.0 Å². The van der Waals surface area contributed by atoms with Crippen molar-refractivity contribution >= 4 is 39.1 Å². The van der Waals surface area contributed by atoms with E-state index < -0.39 is 0 Å². The summed E-state index contributed by atoms with van der Waals surface area (Å²) in [5.74, 6) is 1.79. The van der Waals surface area contributed by atoms with Crippen molar-refractivity contribution in [2.24, 2.45) is 0 Å². The molecule has 6 aromatic rings. The highest BCUT2D eigenvalue weighted by Gasteiger charge is 2.22. The zero-order valence-corrected chi connectivity index (χ0v) is 22.1. The minimum Gasteiger partial charge on any atom is -0.456 e. The van der Waals surface area contributed by atoms with E-state index in [-0.39, 0.29) is 0 Å². The van der Waals surface area contributed by atoms with Gasteiger partial charge in [-0.25, -0.2) is 4.98 Å². The molecular formula is C35H26N4O. The number of anilines is 2. The fourth-order valence-corrected chi connectivity index (χ4v) is 5.12.